The third kappa shape index (κ3) is 5.57. The van der Waals surface area contributed by atoms with Gasteiger partial charge in [-0.05, 0) is 115 Å². The van der Waals surface area contributed by atoms with E-state index < -0.39 is 0 Å². The maximum atomic E-state index is 6.34. The van der Waals surface area contributed by atoms with Gasteiger partial charge in [0.05, 0.1) is 16.9 Å². The van der Waals surface area contributed by atoms with Crippen molar-refractivity contribution in [1.29, 1.82) is 0 Å². The van der Waals surface area contributed by atoms with Gasteiger partial charge in [0.25, 0.3) is 0 Å². The first-order valence-electron chi connectivity index (χ1n) is 19.9. The van der Waals surface area contributed by atoms with Gasteiger partial charge in [-0.25, -0.2) is 9.97 Å². The van der Waals surface area contributed by atoms with Crippen molar-refractivity contribution in [2.24, 2.45) is 0 Å². The van der Waals surface area contributed by atoms with Crippen molar-refractivity contribution in [2.45, 2.75) is 0 Å². The summed E-state index contributed by atoms with van der Waals surface area (Å²) in [7, 11) is 0. The van der Waals surface area contributed by atoms with Crippen LogP contribution in [0.15, 0.2) is 205 Å². The molecule has 9 aromatic carbocycles. The van der Waals surface area contributed by atoms with E-state index in [1.54, 1.807) is 0 Å². The van der Waals surface area contributed by atoms with E-state index in [4.69, 9.17) is 19.4 Å². The topological polar surface area (TPSA) is 51.8 Å². The van der Waals surface area contributed by atoms with Crippen LogP contribution in [0, 0.1) is 0 Å². The lowest BCUT2D eigenvalue weighted by molar-refractivity contribution is 0.669. The van der Waals surface area contributed by atoms with E-state index in [9.17, 15) is 0 Å². The Morgan fingerprint density at radius 1 is 0.305 bits per heavy atom. The predicted molar refractivity (Wildman–Crippen MR) is 244 cm³/mol. The van der Waals surface area contributed by atoms with Gasteiger partial charge in [0.1, 0.15) is 11.2 Å². The number of para-hydroxylation sites is 1. The molecule has 0 atom stereocenters. The molecule has 274 valence electrons. The molecule has 0 saturated carbocycles. The Hall–Kier alpha value is -7.95. The monoisotopic (exact) mass is 751 g/mol. The Bertz CT molecular complexity index is 3580. The molecule has 0 fully saturated rings. The van der Waals surface area contributed by atoms with Crippen molar-refractivity contribution in [2.75, 3.05) is 0 Å². The predicted octanol–water partition coefficient (Wildman–Crippen LogP) is 14.7. The van der Waals surface area contributed by atoms with Gasteiger partial charge in [-0.2, -0.15) is 0 Å². The van der Waals surface area contributed by atoms with Gasteiger partial charge in [0.15, 0.2) is 5.82 Å². The molecule has 3 aromatic heterocycles. The van der Waals surface area contributed by atoms with Crippen LogP contribution in [0.5, 0.6) is 0 Å². The van der Waals surface area contributed by atoms with E-state index in [2.05, 4.69) is 152 Å². The molecule has 12 rings (SSSR count). The zero-order chi connectivity index (χ0) is 38.9. The van der Waals surface area contributed by atoms with Crippen LogP contribution in [0.4, 0.5) is 0 Å². The Kier molecular flexibility index (Phi) is 7.50. The molecule has 0 aliphatic carbocycles. The number of aromatic nitrogens is 3. The first kappa shape index (κ1) is 33.2. The van der Waals surface area contributed by atoms with Gasteiger partial charge < -0.3 is 4.42 Å². The van der Waals surface area contributed by atoms with E-state index in [1.807, 2.05) is 48.7 Å². The highest BCUT2D eigenvalue weighted by molar-refractivity contribution is 6.25. The van der Waals surface area contributed by atoms with Crippen molar-refractivity contribution < 1.29 is 4.42 Å². The van der Waals surface area contributed by atoms with Crippen LogP contribution in [-0.2, 0) is 0 Å². The highest BCUT2D eigenvalue weighted by Gasteiger charge is 2.17. The molecule has 0 aliphatic heterocycles. The van der Waals surface area contributed by atoms with Gasteiger partial charge in [0.2, 0.25) is 0 Å². The minimum absolute atomic E-state index is 0.660. The van der Waals surface area contributed by atoms with Crippen molar-refractivity contribution in [3.05, 3.63) is 200 Å². The Morgan fingerprint density at radius 2 is 0.898 bits per heavy atom. The van der Waals surface area contributed by atoms with E-state index >= 15 is 0 Å². The van der Waals surface area contributed by atoms with E-state index in [0.717, 1.165) is 83.2 Å². The van der Waals surface area contributed by atoms with Gasteiger partial charge in [0, 0.05) is 39.0 Å². The Labute approximate surface area is 339 Å². The molecule has 12 aromatic rings. The van der Waals surface area contributed by atoms with Crippen molar-refractivity contribution in [1.82, 2.24) is 15.0 Å². The molecule has 0 spiro atoms. The molecule has 0 amide bonds. The summed E-state index contributed by atoms with van der Waals surface area (Å²) in [5.41, 5.74) is 11.6. The zero-order valence-electron chi connectivity index (χ0n) is 31.8. The normalized spacial score (nSPS) is 11.7. The van der Waals surface area contributed by atoms with Crippen LogP contribution >= 0.6 is 0 Å². The number of pyridine rings is 1. The molecule has 0 unspecified atom stereocenters. The second kappa shape index (κ2) is 13.3. The fourth-order valence-electron chi connectivity index (χ4n) is 8.88. The molecular formula is C55H33N3O. The lowest BCUT2D eigenvalue weighted by Crippen LogP contribution is -1.97. The molecule has 3 heterocycles. The van der Waals surface area contributed by atoms with Gasteiger partial charge in [-0.15, -0.1) is 0 Å². The van der Waals surface area contributed by atoms with Crippen LogP contribution in [-0.4, -0.2) is 15.0 Å². The third-order valence-electron chi connectivity index (χ3n) is 11.7. The van der Waals surface area contributed by atoms with Crippen molar-refractivity contribution in [3.63, 3.8) is 0 Å². The molecule has 59 heavy (non-hydrogen) atoms. The lowest BCUT2D eigenvalue weighted by atomic mass is 9.90. The Balaban J connectivity index is 1.11. The first-order valence-corrected chi connectivity index (χ1v) is 19.9. The number of furan rings is 1. The van der Waals surface area contributed by atoms with Gasteiger partial charge >= 0.3 is 0 Å². The molecule has 0 radical (unpaired) electrons. The molecular weight excluding hydrogens is 719 g/mol. The van der Waals surface area contributed by atoms with Crippen LogP contribution in [0.2, 0.25) is 0 Å². The minimum atomic E-state index is 0.660. The van der Waals surface area contributed by atoms with E-state index in [1.165, 1.54) is 32.3 Å². The second-order valence-corrected chi connectivity index (χ2v) is 15.2. The van der Waals surface area contributed by atoms with E-state index in [-0.39, 0.29) is 0 Å². The summed E-state index contributed by atoms with van der Waals surface area (Å²) in [5.74, 6) is 0.660. The van der Waals surface area contributed by atoms with Crippen LogP contribution < -0.4 is 0 Å². The number of benzene rings is 9. The summed E-state index contributed by atoms with van der Waals surface area (Å²) < 4.78 is 6.34. The molecule has 0 saturated heterocycles. The summed E-state index contributed by atoms with van der Waals surface area (Å²) >= 11 is 0. The maximum absolute atomic E-state index is 6.34. The third-order valence-corrected chi connectivity index (χ3v) is 11.7. The summed E-state index contributed by atoms with van der Waals surface area (Å²) in [4.78, 5) is 15.2. The SMILES string of the molecule is c1ccc(-c2nc(-c3cc(-c4ccc5c6ccccc6c6ccccc6c5c4)cc(-c4cccc5ncccc45)c3)cc(-c3ccc4c(c3)oc3ccccc34)n2)cc1. The summed E-state index contributed by atoms with van der Waals surface area (Å²) in [6, 6.07) is 68.7. The quantitative estimate of drug-likeness (QED) is 0.164. The van der Waals surface area contributed by atoms with Crippen LogP contribution in [0.25, 0.3) is 121 Å². The molecule has 4 nitrogen and oxygen atoms in total. The molecule has 0 bridgehead atoms. The molecule has 0 aliphatic rings. The summed E-state index contributed by atoms with van der Waals surface area (Å²) in [6.07, 6.45) is 1.85. The van der Waals surface area contributed by atoms with Crippen LogP contribution in [0.1, 0.15) is 0 Å². The summed E-state index contributed by atoms with van der Waals surface area (Å²) in [6.45, 7) is 0. The van der Waals surface area contributed by atoms with Crippen molar-refractivity contribution >= 4 is 65.2 Å². The average Bonchev–Trinajstić information content (AvgIpc) is 3.69. The van der Waals surface area contributed by atoms with Gasteiger partial charge in [-0.3, -0.25) is 4.98 Å². The standard InChI is InChI=1S/C55H33N3O/c1-2-12-34(13-3-1)55-57-51(36-24-26-48-47-18-8-9-22-53(47)59-54(48)32-36)33-52(58-55)39-29-37(28-38(30-39)40-19-10-21-50-46(40)20-11-27-56-50)35-23-25-45-43-16-5-4-14-41(43)42-15-6-7-17-44(42)49(45)31-35/h1-33H. The largest absolute Gasteiger partial charge is 0.456 e. The highest BCUT2D eigenvalue weighted by Crippen LogP contribution is 2.41. The minimum Gasteiger partial charge on any atom is -0.456 e. The number of rotatable bonds is 5. The smallest absolute Gasteiger partial charge is 0.160 e. The van der Waals surface area contributed by atoms with Gasteiger partial charge in [-0.1, -0.05) is 133 Å². The average molecular weight is 752 g/mol. The fourth-order valence-corrected chi connectivity index (χ4v) is 8.88. The number of fused-ring (bicyclic) bond motifs is 10. The van der Waals surface area contributed by atoms with Crippen LogP contribution in [0.3, 0.4) is 0 Å². The summed E-state index contributed by atoms with van der Waals surface area (Å²) in [5, 5.41) is 10.8. The zero-order valence-corrected chi connectivity index (χ0v) is 31.8. The second-order valence-electron chi connectivity index (χ2n) is 15.2. The maximum Gasteiger partial charge on any atom is 0.160 e. The van der Waals surface area contributed by atoms with E-state index in [0.29, 0.717) is 5.82 Å². The Morgan fingerprint density at radius 3 is 1.69 bits per heavy atom. The number of nitrogens with zero attached hydrogens (tertiary/aromatic N) is 3. The van der Waals surface area contributed by atoms with Crippen molar-refractivity contribution in [3.8, 4) is 56.2 Å². The highest BCUT2D eigenvalue weighted by atomic mass is 16.3. The molecule has 0 N–H and O–H groups in total. The number of hydrogen-bond acceptors (Lipinski definition) is 4. The number of hydrogen-bond donors (Lipinski definition) is 0. The fraction of sp³-hybridized carbons (Fsp3) is 0. The molecule has 4 heteroatoms. The first-order chi connectivity index (χ1) is 29.2. The lowest BCUT2D eigenvalue weighted by Gasteiger charge is -2.15.